The van der Waals surface area contributed by atoms with Crippen molar-refractivity contribution >= 4 is 34.5 Å². The molecule has 0 N–H and O–H groups in total. The number of halogens is 1. The molecule has 2 heterocycles. The highest BCUT2D eigenvalue weighted by atomic mass is 35.5. The summed E-state index contributed by atoms with van der Waals surface area (Å²) in [6, 6.07) is 7.80. The van der Waals surface area contributed by atoms with Gasteiger partial charge in [-0.15, -0.1) is 11.3 Å². The largest absolute Gasteiger partial charge is 0.376 e. The number of nitro benzene ring substituents is 1. The second-order valence-corrected chi connectivity index (χ2v) is 7.26. The Morgan fingerprint density at radius 1 is 1.44 bits per heavy atom. The molecule has 1 aliphatic rings. The van der Waals surface area contributed by atoms with Crippen molar-refractivity contribution in [3.63, 3.8) is 0 Å². The van der Waals surface area contributed by atoms with Gasteiger partial charge in [0.25, 0.3) is 11.6 Å². The van der Waals surface area contributed by atoms with E-state index in [4.69, 9.17) is 16.3 Å². The number of carbonyl (C=O) groups is 1. The Morgan fingerprint density at radius 3 is 2.92 bits per heavy atom. The fourth-order valence-electron chi connectivity index (χ4n) is 2.81. The fraction of sp³-hybridized carbons (Fsp3) is 0.353. The van der Waals surface area contributed by atoms with E-state index in [-0.39, 0.29) is 28.3 Å². The predicted octanol–water partition coefficient (Wildman–Crippen LogP) is 4.13. The van der Waals surface area contributed by atoms with E-state index in [0.29, 0.717) is 19.7 Å². The van der Waals surface area contributed by atoms with Crippen LogP contribution >= 0.6 is 22.9 Å². The molecule has 1 amide bonds. The maximum absolute atomic E-state index is 13.0. The molecule has 2 aromatic rings. The average molecular weight is 381 g/mol. The molecule has 1 aliphatic heterocycles. The van der Waals surface area contributed by atoms with Crippen molar-refractivity contribution in [3.8, 4) is 0 Å². The van der Waals surface area contributed by atoms with E-state index in [1.54, 1.807) is 16.2 Å². The molecule has 0 bridgehead atoms. The van der Waals surface area contributed by atoms with E-state index in [0.717, 1.165) is 17.7 Å². The summed E-state index contributed by atoms with van der Waals surface area (Å²) < 4.78 is 5.65. The van der Waals surface area contributed by atoms with Crippen molar-refractivity contribution in [1.82, 2.24) is 4.90 Å². The quantitative estimate of drug-likeness (QED) is 0.558. The minimum atomic E-state index is -0.531. The molecule has 1 atom stereocenters. The number of non-ortho nitro benzene ring substituents is 1. The van der Waals surface area contributed by atoms with Gasteiger partial charge in [0, 0.05) is 30.2 Å². The number of thiophene rings is 1. The van der Waals surface area contributed by atoms with Crippen LogP contribution in [0, 0.1) is 10.1 Å². The number of hydrogen-bond donors (Lipinski definition) is 0. The van der Waals surface area contributed by atoms with Crippen LogP contribution in [0.4, 0.5) is 5.69 Å². The van der Waals surface area contributed by atoms with Gasteiger partial charge in [-0.25, -0.2) is 0 Å². The van der Waals surface area contributed by atoms with Gasteiger partial charge in [0.15, 0.2) is 0 Å². The van der Waals surface area contributed by atoms with Gasteiger partial charge in [0.05, 0.1) is 28.2 Å². The van der Waals surface area contributed by atoms with E-state index in [1.165, 1.54) is 18.2 Å². The standard InChI is InChI=1S/C17H17ClN2O4S/c18-16-6-5-12(20(22)23)9-15(16)17(21)19(10-13-3-1-7-24-13)11-14-4-2-8-25-14/h2,4-6,8-9,13H,1,3,7,10-11H2. The number of rotatable bonds is 6. The van der Waals surface area contributed by atoms with E-state index < -0.39 is 4.92 Å². The lowest BCUT2D eigenvalue weighted by Gasteiger charge is -2.25. The predicted molar refractivity (Wildman–Crippen MR) is 96.1 cm³/mol. The topological polar surface area (TPSA) is 72.7 Å². The van der Waals surface area contributed by atoms with E-state index in [1.807, 2.05) is 17.5 Å². The third-order valence-electron chi connectivity index (χ3n) is 4.05. The van der Waals surface area contributed by atoms with Gasteiger partial charge < -0.3 is 9.64 Å². The molecular weight excluding hydrogens is 364 g/mol. The van der Waals surface area contributed by atoms with E-state index in [9.17, 15) is 14.9 Å². The lowest BCUT2D eigenvalue weighted by molar-refractivity contribution is -0.384. The molecule has 1 aromatic heterocycles. The Bertz CT molecular complexity index is 760. The molecule has 1 fully saturated rings. The third-order valence-corrected chi connectivity index (χ3v) is 5.24. The van der Waals surface area contributed by atoms with Crippen LogP contribution in [0.2, 0.25) is 5.02 Å². The highest BCUT2D eigenvalue weighted by molar-refractivity contribution is 7.09. The van der Waals surface area contributed by atoms with Gasteiger partial charge >= 0.3 is 0 Å². The minimum Gasteiger partial charge on any atom is -0.376 e. The molecule has 1 saturated heterocycles. The van der Waals surface area contributed by atoms with Crippen molar-refractivity contribution in [2.24, 2.45) is 0 Å². The molecular formula is C17H17ClN2O4S. The van der Waals surface area contributed by atoms with Crippen LogP contribution in [0.5, 0.6) is 0 Å². The van der Waals surface area contributed by atoms with Gasteiger partial charge in [0.2, 0.25) is 0 Å². The molecule has 25 heavy (non-hydrogen) atoms. The van der Waals surface area contributed by atoms with Crippen LogP contribution in [0.3, 0.4) is 0 Å². The van der Waals surface area contributed by atoms with Crippen molar-refractivity contribution in [2.75, 3.05) is 13.2 Å². The highest BCUT2D eigenvalue weighted by Crippen LogP contribution is 2.25. The molecule has 0 spiro atoms. The summed E-state index contributed by atoms with van der Waals surface area (Å²) in [5.41, 5.74) is -0.00800. The lowest BCUT2D eigenvalue weighted by Crippen LogP contribution is -2.37. The smallest absolute Gasteiger partial charge is 0.270 e. The molecule has 8 heteroatoms. The molecule has 1 aromatic carbocycles. The fourth-order valence-corrected chi connectivity index (χ4v) is 3.72. The maximum atomic E-state index is 13.0. The summed E-state index contributed by atoms with van der Waals surface area (Å²) in [5, 5.41) is 13.2. The number of nitrogens with zero attached hydrogens (tertiary/aromatic N) is 2. The zero-order chi connectivity index (χ0) is 17.8. The first-order valence-corrected chi connectivity index (χ1v) is 9.17. The lowest BCUT2D eigenvalue weighted by atomic mass is 10.1. The Balaban J connectivity index is 1.87. The summed E-state index contributed by atoms with van der Waals surface area (Å²) in [6.07, 6.45) is 1.86. The Labute approximate surface area is 154 Å². The number of ether oxygens (including phenoxy) is 1. The van der Waals surface area contributed by atoms with E-state index >= 15 is 0 Å². The molecule has 0 radical (unpaired) electrons. The van der Waals surface area contributed by atoms with Crippen LogP contribution < -0.4 is 0 Å². The number of amides is 1. The second kappa shape index (κ2) is 7.95. The van der Waals surface area contributed by atoms with Crippen LogP contribution in [0.25, 0.3) is 0 Å². The van der Waals surface area contributed by atoms with Gasteiger partial charge in [-0.2, -0.15) is 0 Å². The summed E-state index contributed by atoms with van der Waals surface area (Å²) in [4.78, 5) is 26.2. The highest BCUT2D eigenvalue weighted by Gasteiger charge is 2.26. The van der Waals surface area contributed by atoms with Crippen molar-refractivity contribution in [3.05, 3.63) is 61.3 Å². The van der Waals surface area contributed by atoms with Crippen LogP contribution in [0.15, 0.2) is 35.7 Å². The van der Waals surface area contributed by atoms with Gasteiger partial charge in [-0.3, -0.25) is 14.9 Å². The first-order valence-electron chi connectivity index (χ1n) is 7.92. The normalized spacial score (nSPS) is 16.8. The zero-order valence-corrected chi connectivity index (χ0v) is 15.0. The van der Waals surface area contributed by atoms with Crippen LogP contribution in [0.1, 0.15) is 28.1 Å². The SMILES string of the molecule is O=C(c1cc([N+](=O)[O-])ccc1Cl)N(Cc1cccs1)CC1CCCO1. The van der Waals surface area contributed by atoms with Gasteiger partial charge in [-0.05, 0) is 30.4 Å². The Hall–Kier alpha value is -1.96. The van der Waals surface area contributed by atoms with Crippen molar-refractivity contribution < 1.29 is 14.5 Å². The molecule has 0 aliphatic carbocycles. The molecule has 3 rings (SSSR count). The molecule has 0 saturated carbocycles. The Morgan fingerprint density at radius 2 is 2.28 bits per heavy atom. The Kier molecular flexibility index (Phi) is 5.67. The third kappa shape index (κ3) is 4.36. The maximum Gasteiger partial charge on any atom is 0.270 e. The number of hydrogen-bond acceptors (Lipinski definition) is 5. The summed E-state index contributed by atoms with van der Waals surface area (Å²) in [7, 11) is 0. The monoisotopic (exact) mass is 380 g/mol. The van der Waals surface area contributed by atoms with Crippen LogP contribution in [-0.2, 0) is 11.3 Å². The molecule has 6 nitrogen and oxygen atoms in total. The summed E-state index contributed by atoms with van der Waals surface area (Å²) in [6.45, 7) is 1.56. The summed E-state index contributed by atoms with van der Waals surface area (Å²) >= 11 is 7.70. The van der Waals surface area contributed by atoms with Crippen molar-refractivity contribution in [1.29, 1.82) is 0 Å². The van der Waals surface area contributed by atoms with Crippen LogP contribution in [-0.4, -0.2) is 35.0 Å². The van der Waals surface area contributed by atoms with Gasteiger partial charge in [-0.1, -0.05) is 17.7 Å². The summed E-state index contributed by atoms with van der Waals surface area (Å²) in [5.74, 6) is -0.322. The minimum absolute atomic E-state index is 0.0126. The zero-order valence-electron chi connectivity index (χ0n) is 13.4. The first kappa shape index (κ1) is 17.8. The van der Waals surface area contributed by atoms with E-state index in [2.05, 4.69) is 0 Å². The molecule has 1 unspecified atom stereocenters. The average Bonchev–Trinajstić information content (AvgIpc) is 3.27. The number of nitro groups is 1. The molecule has 132 valence electrons. The first-order chi connectivity index (χ1) is 12.0. The second-order valence-electron chi connectivity index (χ2n) is 5.82. The van der Waals surface area contributed by atoms with Gasteiger partial charge in [0.1, 0.15) is 0 Å². The van der Waals surface area contributed by atoms with Crippen molar-refractivity contribution in [2.45, 2.75) is 25.5 Å². The number of benzene rings is 1. The number of carbonyl (C=O) groups excluding carboxylic acids is 1.